The minimum absolute atomic E-state index is 0.0730. The molecule has 0 aromatic heterocycles. The minimum atomic E-state index is -0.776. The molecule has 1 atom stereocenters. The maximum absolute atomic E-state index is 12.9. The van der Waals surface area contributed by atoms with E-state index in [9.17, 15) is 14.4 Å². The maximum Gasteiger partial charge on any atom is 0.306 e. The number of ether oxygens (including phenoxy) is 3. The fourth-order valence-electron chi connectivity index (χ4n) is 9.69. The lowest BCUT2D eigenvalue weighted by molar-refractivity contribution is -0.167. The summed E-state index contributed by atoms with van der Waals surface area (Å²) in [5.41, 5.74) is 0. The first-order valence-corrected chi connectivity index (χ1v) is 32.6. The van der Waals surface area contributed by atoms with Crippen LogP contribution in [-0.4, -0.2) is 37.2 Å². The Bertz CT molecular complexity index is 1280. The van der Waals surface area contributed by atoms with E-state index in [-0.39, 0.29) is 31.1 Å². The van der Waals surface area contributed by atoms with Crippen molar-refractivity contribution in [2.75, 3.05) is 13.2 Å². The second-order valence-electron chi connectivity index (χ2n) is 22.0. The Morgan fingerprint density at radius 3 is 0.838 bits per heavy atom. The quantitative estimate of drug-likeness (QED) is 0.0261. The van der Waals surface area contributed by atoms with Gasteiger partial charge in [-0.2, -0.15) is 0 Å². The van der Waals surface area contributed by atoms with Crippen LogP contribution >= 0.6 is 0 Å². The van der Waals surface area contributed by atoms with Crippen molar-refractivity contribution >= 4 is 17.9 Å². The molecular formula is C68H124O6. The summed E-state index contributed by atoms with van der Waals surface area (Å²) in [6.07, 6.45) is 78.4. The summed E-state index contributed by atoms with van der Waals surface area (Å²) in [4.78, 5) is 38.3. The smallest absolute Gasteiger partial charge is 0.306 e. The lowest BCUT2D eigenvalue weighted by Gasteiger charge is -2.18. The number of allylic oxidation sites excluding steroid dienone is 8. The second kappa shape index (κ2) is 62.9. The maximum atomic E-state index is 12.9. The van der Waals surface area contributed by atoms with E-state index in [1.54, 1.807) is 0 Å². The topological polar surface area (TPSA) is 78.9 Å². The number of carbonyl (C=O) groups excluding carboxylic acids is 3. The zero-order valence-electron chi connectivity index (χ0n) is 49.6. The van der Waals surface area contributed by atoms with Gasteiger partial charge in [0.2, 0.25) is 0 Å². The first kappa shape index (κ1) is 71.4. The molecule has 1 unspecified atom stereocenters. The lowest BCUT2D eigenvalue weighted by atomic mass is 10.0. The third-order valence-electron chi connectivity index (χ3n) is 14.6. The fourth-order valence-corrected chi connectivity index (χ4v) is 9.69. The van der Waals surface area contributed by atoms with Gasteiger partial charge in [-0.25, -0.2) is 0 Å². The normalized spacial score (nSPS) is 12.3. The summed E-state index contributed by atoms with van der Waals surface area (Å²) in [5, 5.41) is 0. The molecule has 6 nitrogen and oxygen atoms in total. The third-order valence-corrected chi connectivity index (χ3v) is 14.6. The van der Waals surface area contributed by atoms with Gasteiger partial charge in [0.25, 0.3) is 0 Å². The molecule has 0 saturated heterocycles. The Labute approximate surface area is 460 Å². The van der Waals surface area contributed by atoms with Crippen LogP contribution in [0.25, 0.3) is 0 Å². The molecule has 0 bridgehead atoms. The average molecular weight is 1040 g/mol. The molecule has 0 amide bonds. The molecule has 0 N–H and O–H groups in total. The molecule has 0 spiro atoms. The number of hydrogen-bond acceptors (Lipinski definition) is 6. The van der Waals surface area contributed by atoms with E-state index >= 15 is 0 Å². The van der Waals surface area contributed by atoms with Gasteiger partial charge in [-0.3, -0.25) is 14.4 Å². The van der Waals surface area contributed by atoms with Gasteiger partial charge in [0.1, 0.15) is 13.2 Å². The molecule has 0 fully saturated rings. The molecule has 6 heteroatoms. The summed E-state index contributed by atoms with van der Waals surface area (Å²) < 4.78 is 16.9. The van der Waals surface area contributed by atoms with Gasteiger partial charge < -0.3 is 14.2 Å². The molecule has 0 radical (unpaired) electrons. The van der Waals surface area contributed by atoms with Crippen molar-refractivity contribution in [3.8, 4) is 0 Å². The van der Waals surface area contributed by atoms with Crippen LogP contribution < -0.4 is 0 Å². The standard InChI is InChI=1S/C68H124O6/c1-4-7-10-13-16-19-22-25-27-29-30-31-32-33-34-35-36-37-38-40-41-43-46-49-52-55-58-61-67(70)73-64-65(63-72-66(69)60-57-54-51-48-45-24-21-18-15-12-9-6-3)74-68(71)62-59-56-53-50-47-44-42-39-28-26-23-20-17-14-11-8-5-2/h8,11,17,20,26,28-30,65H,4-7,9-10,12-16,18-19,21-25,27,31-64H2,1-3H3/b11-8-,20-17-,28-26-,30-29-. The van der Waals surface area contributed by atoms with Crippen molar-refractivity contribution in [1.82, 2.24) is 0 Å². The SMILES string of the molecule is CC/C=C\C/C=C\C/C=C\CCCCCCCCCC(=O)OC(COC(=O)CCCCCCCCCCCCCC)COC(=O)CCCCCCCCCCCCCCCCC/C=C\CCCCCCCCCC. The van der Waals surface area contributed by atoms with Gasteiger partial charge in [-0.15, -0.1) is 0 Å². The highest BCUT2D eigenvalue weighted by Gasteiger charge is 2.19. The first-order valence-electron chi connectivity index (χ1n) is 32.6. The monoisotopic (exact) mass is 1040 g/mol. The Morgan fingerprint density at radius 2 is 0.527 bits per heavy atom. The van der Waals surface area contributed by atoms with E-state index in [4.69, 9.17) is 14.2 Å². The molecule has 0 aromatic carbocycles. The Hall–Kier alpha value is -2.63. The van der Waals surface area contributed by atoms with Gasteiger partial charge >= 0.3 is 17.9 Å². The van der Waals surface area contributed by atoms with E-state index in [0.29, 0.717) is 19.3 Å². The molecule has 0 aliphatic carbocycles. The molecule has 0 heterocycles. The van der Waals surface area contributed by atoms with Gasteiger partial charge in [-0.1, -0.05) is 301 Å². The summed E-state index contributed by atoms with van der Waals surface area (Å²) in [5.74, 6) is -0.863. The lowest BCUT2D eigenvalue weighted by Crippen LogP contribution is -2.30. The van der Waals surface area contributed by atoms with Crippen LogP contribution in [0.2, 0.25) is 0 Å². The van der Waals surface area contributed by atoms with Gasteiger partial charge in [0.05, 0.1) is 0 Å². The highest BCUT2D eigenvalue weighted by atomic mass is 16.6. The Morgan fingerprint density at radius 1 is 0.284 bits per heavy atom. The van der Waals surface area contributed by atoms with E-state index in [0.717, 1.165) is 83.5 Å². The van der Waals surface area contributed by atoms with Crippen LogP contribution in [-0.2, 0) is 28.6 Å². The number of esters is 3. The van der Waals surface area contributed by atoms with Crippen molar-refractivity contribution < 1.29 is 28.6 Å². The first-order chi connectivity index (χ1) is 36.5. The summed E-state index contributed by atoms with van der Waals surface area (Å²) >= 11 is 0. The summed E-state index contributed by atoms with van der Waals surface area (Å²) in [7, 11) is 0. The molecule has 0 aromatic rings. The predicted molar refractivity (Wildman–Crippen MR) is 321 cm³/mol. The van der Waals surface area contributed by atoms with E-state index in [2.05, 4.69) is 69.4 Å². The van der Waals surface area contributed by atoms with Crippen molar-refractivity contribution in [2.24, 2.45) is 0 Å². The van der Waals surface area contributed by atoms with E-state index in [1.165, 1.54) is 225 Å². The van der Waals surface area contributed by atoms with Crippen LogP contribution in [0.4, 0.5) is 0 Å². The number of hydrogen-bond donors (Lipinski definition) is 0. The van der Waals surface area contributed by atoms with Crippen LogP contribution in [0.15, 0.2) is 48.6 Å². The van der Waals surface area contributed by atoms with Crippen molar-refractivity contribution in [1.29, 1.82) is 0 Å². The number of unbranched alkanes of at least 4 members (excludes halogenated alkanes) is 41. The second-order valence-corrected chi connectivity index (χ2v) is 22.0. The van der Waals surface area contributed by atoms with Gasteiger partial charge in [0, 0.05) is 19.3 Å². The molecule has 0 rings (SSSR count). The number of carbonyl (C=O) groups is 3. The van der Waals surface area contributed by atoms with E-state index < -0.39 is 6.10 Å². The molecule has 0 saturated carbocycles. The van der Waals surface area contributed by atoms with Crippen molar-refractivity contribution in [3.63, 3.8) is 0 Å². The fraction of sp³-hybridized carbons (Fsp3) is 0.838. The Kier molecular flexibility index (Phi) is 60.7. The Balaban J connectivity index is 4.20. The zero-order chi connectivity index (χ0) is 53.6. The van der Waals surface area contributed by atoms with Gasteiger partial charge in [0.15, 0.2) is 6.10 Å². The molecule has 74 heavy (non-hydrogen) atoms. The molecular weight excluding hydrogens is 913 g/mol. The van der Waals surface area contributed by atoms with Crippen molar-refractivity contribution in [3.05, 3.63) is 48.6 Å². The molecule has 0 aliphatic rings. The average Bonchev–Trinajstić information content (AvgIpc) is 3.40. The largest absolute Gasteiger partial charge is 0.462 e. The van der Waals surface area contributed by atoms with Crippen LogP contribution in [0.1, 0.15) is 348 Å². The summed E-state index contributed by atoms with van der Waals surface area (Å²) in [6, 6.07) is 0. The highest BCUT2D eigenvalue weighted by Crippen LogP contribution is 2.17. The van der Waals surface area contributed by atoms with Crippen LogP contribution in [0, 0.1) is 0 Å². The van der Waals surface area contributed by atoms with Crippen LogP contribution in [0.5, 0.6) is 0 Å². The van der Waals surface area contributed by atoms with Gasteiger partial charge in [-0.05, 0) is 77.0 Å². The zero-order valence-corrected chi connectivity index (χ0v) is 49.6. The molecule has 432 valence electrons. The highest BCUT2D eigenvalue weighted by molar-refractivity contribution is 5.71. The van der Waals surface area contributed by atoms with Crippen LogP contribution in [0.3, 0.4) is 0 Å². The molecule has 0 aliphatic heterocycles. The summed E-state index contributed by atoms with van der Waals surface area (Å²) in [6.45, 7) is 6.57. The van der Waals surface area contributed by atoms with E-state index in [1.807, 2.05) is 0 Å². The third kappa shape index (κ3) is 60.2. The number of rotatable bonds is 60. The minimum Gasteiger partial charge on any atom is -0.462 e. The van der Waals surface area contributed by atoms with Crippen molar-refractivity contribution in [2.45, 2.75) is 354 Å². The predicted octanol–water partition coefficient (Wildman–Crippen LogP) is 22.2.